The molecule has 1 N–H and O–H groups in total. The van der Waals surface area contributed by atoms with Crippen LogP contribution in [-0.4, -0.2) is 12.5 Å². The third-order valence-electron chi connectivity index (χ3n) is 2.50. The first-order valence-corrected chi connectivity index (χ1v) is 8.01. The summed E-state index contributed by atoms with van der Waals surface area (Å²) >= 11 is 10.8. The average molecular weight is 375 g/mol. The number of rotatable bonds is 6. The van der Waals surface area contributed by atoms with E-state index < -0.39 is 0 Å². The van der Waals surface area contributed by atoms with E-state index in [-0.39, 0.29) is 5.91 Å². The maximum absolute atomic E-state index is 11.6. The maximum Gasteiger partial charge on any atom is 0.223 e. The van der Waals surface area contributed by atoms with Crippen molar-refractivity contribution in [3.8, 4) is 5.75 Å². The van der Waals surface area contributed by atoms with Gasteiger partial charge in [-0.3, -0.25) is 4.79 Å². The van der Waals surface area contributed by atoms with E-state index in [2.05, 4.69) is 21.2 Å². The van der Waals surface area contributed by atoms with Crippen LogP contribution >= 0.6 is 38.9 Å². The highest BCUT2D eigenvalue weighted by Crippen LogP contribution is 2.21. The molecule has 0 saturated heterocycles. The van der Waals surface area contributed by atoms with Gasteiger partial charge in [-0.05, 0) is 52.3 Å². The molecule has 1 aromatic carbocycles. The molecule has 0 aliphatic rings. The Kier molecular flexibility index (Phi) is 5.88. The molecule has 1 aromatic heterocycles. The van der Waals surface area contributed by atoms with Gasteiger partial charge in [0.05, 0.1) is 23.4 Å². The van der Waals surface area contributed by atoms with Crippen molar-refractivity contribution >= 4 is 44.8 Å². The lowest BCUT2D eigenvalue weighted by molar-refractivity contribution is -0.121. The second kappa shape index (κ2) is 7.67. The molecule has 0 spiro atoms. The van der Waals surface area contributed by atoms with Crippen LogP contribution in [0.15, 0.2) is 40.2 Å². The molecule has 20 heavy (non-hydrogen) atoms. The Bertz CT molecular complexity index is 571. The summed E-state index contributed by atoms with van der Waals surface area (Å²) < 4.78 is 6.53. The van der Waals surface area contributed by atoms with Gasteiger partial charge in [0.25, 0.3) is 0 Å². The van der Waals surface area contributed by atoms with Crippen molar-refractivity contribution in [1.82, 2.24) is 5.32 Å². The highest BCUT2D eigenvalue weighted by molar-refractivity contribution is 9.11. The van der Waals surface area contributed by atoms with Crippen LogP contribution in [0.2, 0.25) is 5.02 Å². The highest BCUT2D eigenvalue weighted by Gasteiger charge is 2.03. The summed E-state index contributed by atoms with van der Waals surface area (Å²) in [6.07, 6.45) is 0.329. The maximum atomic E-state index is 11.6. The Hall–Kier alpha value is -1.04. The second-order valence-electron chi connectivity index (χ2n) is 4.03. The molecule has 1 amide bonds. The van der Waals surface area contributed by atoms with Crippen molar-refractivity contribution in [1.29, 1.82) is 0 Å². The van der Waals surface area contributed by atoms with Crippen LogP contribution in [0, 0.1) is 0 Å². The van der Waals surface area contributed by atoms with Crippen LogP contribution in [0.1, 0.15) is 11.3 Å². The number of amides is 1. The SMILES string of the molecule is O=C(CCOc1ccc(Cl)cc1)NCc1ccc(Br)s1. The number of carbonyl (C=O) groups excluding carboxylic acids is 1. The molecule has 0 atom stereocenters. The summed E-state index contributed by atoms with van der Waals surface area (Å²) in [5, 5.41) is 3.52. The Morgan fingerprint density at radius 2 is 2.00 bits per heavy atom. The molecule has 2 aromatic rings. The first-order chi connectivity index (χ1) is 9.63. The first kappa shape index (κ1) is 15.4. The molecule has 0 aliphatic carbocycles. The van der Waals surface area contributed by atoms with Crippen molar-refractivity contribution in [3.63, 3.8) is 0 Å². The summed E-state index contributed by atoms with van der Waals surface area (Å²) in [6, 6.07) is 11.0. The normalized spacial score (nSPS) is 10.3. The third-order valence-corrected chi connectivity index (χ3v) is 4.38. The minimum Gasteiger partial charge on any atom is -0.493 e. The molecule has 1 heterocycles. The van der Waals surface area contributed by atoms with Crippen LogP contribution in [0.5, 0.6) is 5.75 Å². The Balaban J connectivity index is 1.66. The minimum atomic E-state index is -0.0246. The zero-order chi connectivity index (χ0) is 14.4. The van der Waals surface area contributed by atoms with Gasteiger partial charge in [-0.25, -0.2) is 0 Å². The predicted octanol–water partition coefficient (Wildman–Crippen LogP) is 4.25. The van der Waals surface area contributed by atoms with Gasteiger partial charge >= 0.3 is 0 Å². The molecule has 106 valence electrons. The molecule has 6 heteroatoms. The Morgan fingerprint density at radius 3 is 2.65 bits per heavy atom. The van der Waals surface area contributed by atoms with Gasteiger partial charge in [-0.1, -0.05) is 11.6 Å². The molecule has 0 bridgehead atoms. The number of nitrogens with one attached hydrogen (secondary N) is 1. The van der Waals surface area contributed by atoms with E-state index in [1.54, 1.807) is 35.6 Å². The van der Waals surface area contributed by atoms with Gasteiger partial charge in [0.15, 0.2) is 0 Å². The molecule has 2 rings (SSSR count). The largest absolute Gasteiger partial charge is 0.493 e. The van der Waals surface area contributed by atoms with Crippen molar-refractivity contribution < 1.29 is 9.53 Å². The van der Waals surface area contributed by atoms with E-state index in [9.17, 15) is 4.79 Å². The fraction of sp³-hybridized carbons (Fsp3) is 0.214. The predicted molar refractivity (Wildman–Crippen MR) is 85.4 cm³/mol. The van der Waals surface area contributed by atoms with Crippen LogP contribution in [-0.2, 0) is 11.3 Å². The van der Waals surface area contributed by atoms with E-state index in [4.69, 9.17) is 16.3 Å². The lowest BCUT2D eigenvalue weighted by atomic mass is 10.3. The first-order valence-electron chi connectivity index (χ1n) is 6.03. The van der Waals surface area contributed by atoms with Crippen molar-refractivity contribution in [2.45, 2.75) is 13.0 Å². The zero-order valence-electron chi connectivity index (χ0n) is 10.6. The standard InChI is InChI=1S/C14H13BrClNO2S/c15-13-6-5-12(20-13)9-17-14(18)7-8-19-11-3-1-10(16)2-4-11/h1-6H,7-9H2,(H,17,18). The van der Waals surface area contributed by atoms with Crippen LogP contribution in [0.25, 0.3) is 0 Å². The smallest absolute Gasteiger partial charge is 0.223 e. The average Bonchev–Trinajstić information content (AvgIpc) is 2.85. The zero-order valence-corrected chi connectivity index (χ0v) is 13.7. The summed E-state index contributed by atoms with van der Waals surface area (Å²) in [6.45, 7) is 0.900. The van der Waals surface area contributed by atoms with Gasteiger partial charge in [0.1, 0.15) is 5.75 Å². The summed E-state index contributed by atoms with van der Waals surface area (Å²) in [4.78, 5) is 12.8. The van der Waals surface area contributed by atoms with E-state index in [0.717, 1.165) is 8.66 Å². The van der Waals surface area contributed by atoms with Gasteiger partial charge < -0.3 is 10.1 Å². The molecular weight excluding hydrogens is 362 g/mol. The number of carbonyl (C=O) groups is 1. The molecule has 3 nitrogen and oxygen atoms in total. The van der Waals surface area contributed by atoms with Crippen LogP contribution in [0.4, 0.5) is 0 Å². The monoisotopic (exact) mass is 373 g/mol. The van der Waals surface area contributed by atoms with E-state index >= 15 is 0 Å². The van der Waals surface area contributed by atoms with Crippen molar-refractivity contribution in [2.24, 2.45) is 0 Å². The van der Waals surface area contributed by atoms with Gasteiger partial charge in [0, 0.05) is 9.90 Å². The Labute approximate surface area is 135 Å². The fourth-order valence-electron chi connectivity index (χ4n) is 1.51. The molecule has 0 fully saturated rings. The van der Waals surface area contributed by atoms with Crippen LogP contribution < -0.4 is 10.1 Å². The molecule has 0 unspecified atom stereocenters. The van der Waals surface area contributed by atoms with Crippen molar-refractivity contribution in [2.75, 3.05) is 6.61 Å². The number of hydrogen-bond donors (Lipinski definition) is 1. The van der Waals surface area contributed by atoms with E-state index in [1.807, 2.05) is 12.1 Å². The van der Waals surface area contributed by atoms with Crippen molar-refractivity contribution in [3.05, 3.63) is 50.1 Å². The number of halogens is 2. The van der Waals surface area contributed by atoms with Gasteiger partial charge in [-0.15, -0.1) is 11.3 Å². The van der Waals surface area contributed by atoms with Crippen LogP contribution in [0.3, 0.4) is 0 Å². The molecule has 0 aliphatic heterocycles. The summed E-state index contributed by atoms with van der Waals surface area (Å²) in [5.41, 5.74) is 0. The summed E-state index contributed by atoms with van der Waals surface area (Å²) in [5.74, 6) is 0.688. The number of ether oxygens (including phenoxy) is 1. The quantitative estimate of drug-likeness (QED) is 0.821. The molecule has 0 radical (unpaired) electrons. The topological polar surface area (TPSA) is 38.3 Å². The summed E-state index contributed by atoms with van der Waals surface area (Å²) in [7, 11) is 0. The lowest BCUT2D eigenvalue weighted by Crippen LogP contribution is -2.23. The molecular formula is C14H13BrClNO2S. The number of thiophene rings is 1. The van der Waals surface area contributed by atoms with E-state index in [1.165, 1.54) is 0 Å². The Morgan fingerprint density at radius 1 is 1.25 bits per heavy atom. The highest BCUT2D eigenvalue weighted by atomic mass is 79.9. The van der Waals surface area contributed by atoms with Gasteiger partial charge in [-0.2, -0.15) is 0 Å². The second-order valence-corrected chi connectivity index (χ2v) is 7.02. The fourth-order valence-corrected chi connectivity index (χ4v) is 3.06. The lowest BCUT2D eigenvalue weighted by Gasteiger charge is -2.06. The molecule has 0 saturated carbocycles. The number of hydrogen-bond acceptors (Lipinski definition) is 3. The third kappa shape index (κ3) is 5.15. The number of benzene rings is 1. The minimum absolute atomic E-state index is 0.0246. The van der Waals surface area contributed by atoms with E-state index in [0.29, 0.717) is 30.3 Å². The van der Waals surface area contributed by atoms with Gasteiger partial charge in [0.2, 0.25) is 5.91 Å².